The lowest BCUT2D eigenvalue weighted by molar-refractivity contribution is -0.115. The zero-order valence-corrected chi connectivity index (χ0v) is 12.4. The molecule has 3 N–H and O–H groups in total. The van der Waals surface area contributed by atoms with Gasteiger partial charge in [0.15, 0.2) is 5.13 Å². The van der Waals surface area contributed by atoms with E-state index in [1.165, 1.54) is 11.3 Å². The van der Waals surface area contributed by atoms with Crippen molar-refractivity contribution in [2.75, 3.05) is 11.1 Å². The molecule has 0 aliphatic carbocycles. The summed E-state index contributed by atoms with van der Waals surface area (Å²) in [6.45, 7) is 1.85. The number of carbonyl (C=O) groups is 1. The van der Waals surface area contributed by atoms with Crippen molar-refractivity contribution in [2.24, 2.45) is 0 Å². The molecule has 0 fully saturated rings. The van der Waals surface area contributed by atoms with E-state index in [1.807, 2.05) is 6.92 Å². The smallest absolute Gasteiger partial charge is 0.230 e. The van der Waals surface area contributed by atoms with Crippen molar-refractivity contribution in [1.29, 1.82) is 0 Å². The molecule has 0 saturated carbocycles. The Morgan fingerprint density at radius 2 is 2.16 bits per heavy atom. The first-order valence-corrected chi connectivity index (χ1v) is 7.04. The summed E-state index contributed by atoms with van der Waals surface area (Å²) in [7, 11) is 0. The van der Waals surface area contributed by atoms with Crippen LogP contribution >= 0.6 is 34.5 Å². The lowest BCUT2D eigenvalue weighted by Gasteiger charge is -2.08. The van der Waals surface area contributed by atoms with Gasteiger partial charge in [0.1, 0.15) is 0 Å². The fourth-order valence-electron chi connectivity index (χ4n) is 1.50. The van der Waals surface area contributed by atoms with E-state index in [-0.39, 0.29) is 12.3 Å². The van der Waals surface area contributed by atoms with Gasteiger partial charge in [-0.25, -0.2) is 4.98 Å². The molecule has 0 unspecified atom stereocenters. The molecule has 1 heterocycles. The van der Waals surface area contributed by atoms with Crippen molar-refractivity contribution in [2.45, 2.75) is 13.3 Å². The molecule has 19 heavy (non-hydrogen) atoms. The van der Waals surface area contributed by atoms with Gasteiger partial charge >= 0.3 is 0 Å². The zero-order valence-electron chi connectivity index (χ0n) is 10.0. The summed E-state index contributed by atoms with van der Waals surface area (Å²) in [6, 6.07) is 3.34. The largest absolute Gasteiger partial charge is 0.375 e. The number of hydrogen-bond acceptors (Lipinski definition) is 4. The number of hydrogen-bond donors (Lipinski definition) is 2. The van der Waals surface area contributed by atoms with Crippen molar-refractivity contribution in [3.8, 4) is 0 Å². The van der Waals surface area contributed by atoms with E-state index in [1.54, 1.807) is 17.5 Å². The van der Waals surface area contributed by atoms with Crippen LogP contribution in [0, 0.1) is 6.92 Å². The van der Waals surface area contributed by atoms with E-state index in [0.717, 1.165) is 5.56 Å². The minimum absolute atomic E-state index is 0.148. The van der Waals surface area contributed by atoms with E-state index >= 15 is 0 Å². The Kier molecular flexibility index (Phi) is 4.29. The van der Waals surface area contributed by atoms with E-state index in [9.17, 15) is 4.79 Å². The molecule has 7 heteroatoms. The second kappa shape index (κ2) is 5.77. The highest BCUT2D eigenvalue weighted by atomic mass is 35.5. The van der Waals surface area contributed by atoms with Crippen molar-refractivity contribution in [1.82, 2.24) is 4.98 Å². The molecule has 1 aromatic carbocycles. The Morgan fingerprint density at radius 1 is 1.42 bits per heavy atom. The van der Waals surface area contributed by atoms with Gasteiger partial charge in [0.05, 0.1) is 22.8 Å². The Hall–Kier alpha value is -1.30. The van der Waals surface area contributed by atoms with Gasteiger partial charge < -0.3 is 11.1 Å². The van der Waals surface area contributed by atoms with Crippen LogP contribution in [0.2, 0.25) is 10.0 Å². The van der Waals surface area contributed by atoms with Crippen molar-refractivity contribution >= 4 is 51.3 Å². The normalized spacial score (nSPS) is 10.5. The van der Waals surface area contributed by atoms with Gasteiger partial charge in [-0.2, -0.15) is 0 Å². The first-order valence-electron chi connectivity index (χ1n) is 5.41. The topological polar surface area (TPSA) is 68.0 Å². The minimum Gasteiger partial charge on any atom is -0.375 e. The summed E-state index contributed by atoms with van der Waals surface area (Å²) in [5, 5.41) is 5.90. The van der Waals surface area contributed by atoms with Crippen LogP contribution in [0.25, 0.3) is 0 Å². The van der Waals surface area contributed by atoms with E-state index < -0.39 is 0 Å². The number of carbonyl (C=O) groups excluding carboxylic acids is 1. The number of benzene rings is 1. The quantitative estimate of drug-likeness (QED) is 0.910. The highest BCUT2D eigenvalue weighted by molar-refractivity contribution is 7.13. The molecule has 0 aliphatic heterocycles. The standard InChI is InChI=1S/C12H11Cl2N3OS/c1-6-2-9(14)10(4-8(6)13)17-11(18)3-7-5-19-12(15)16-7/h2,4-5H,3H2,1H3,(H2,15,16)(H,17,18). The summed E-state index contributed by atoms with van der Waals surface area (Å²) in [4.78, 5) is 15.9. The van der Waals surface area contributed by atoms with Crippen LogP contribution in [0.3, 0.4) is 0 Å². The predicted molar refractivity (Wildman–Crippen MR) is 80.1 cm³/mol. The van der Waals surface area contributed by atoms with Crippen LogP contribution in [0.15, 0.2) is 17.5 Å². The summed E-state index contributed by atoms with van der Waals surface area (Å²) in [6.07, 6.45) is 0.148. The Labute approximate surface area is 124 Å². The number of anilines is 2. The number of thiazole rings is 1. The van der Waals surface area contributed by atoms with Gasteiger partial charge in [-0.3, -0.25) is 4.79 Å². The number of aryl methyl sites for hydroxylation is 1. The van der Waals surface area contributed by atoms with E-state index in [0.29, 0.717) is 26.6 Å². The van der Waals surface area contributed by atoms with Gasteiger partial charge in [-0.15, -0.1) is 11.3 Å². The number of halogens is 2. The lowest BCUT2D eigenvalue weighted by Crippen LogP contribution is -2.15. The van der Waals surface area contributed by atoms with Crippen molar-refractivity contribution < 1.29 is 4.79 Å². The first kappa shape index (κ1) is 14.1. The zero-order chi connectivity index (χ0) is 14.0. The van der Waals surface area contributed by atoms with Gasteiger partial charge in [0, 0.05) is 10.4 Å². The van der Waals surface area contributed by atoms with Gasteiger partial charge in [-0.1, -0.05) is 23.2 Å². The van der Waals surface area contributed by atoms with Crippen LogP contribution in [0.5, 0.6) is 0 Å². The van der Waals surface area contributed by atoms with Gasteiger partial charge in [0.25, 0.3) is 0 Å². The fourth-order valence-corrected chi connectivity index (χ4v) is 2.50. The number of nitrogen functional groups attached to an aromatic ring is 1. The Balaban J connectivity index is 2.09. The molecule has 1 aromatic heterocycles. The number of nitrogens with zero attached hydrogens (tertiary/aromatic N) is 1. The molecule has 0 saturated heterocycles. The number of nitrogens with one attached hydrogen (secondary N) is 1. The lowest BCUT2D eigenvalue weighted by atomic mass is 10.2. The summed E-state index contributed by atoms with van der Waals surface area (Å²) >= 11 is 13.3. The fraction of sp³-hybridized carbons (Fsp3) is 0.167. The third kappa shape index (κ3) is 3.59. The molecule has 0 spiro atoms. The van der Waals surface area contributed by atoms with Gasteiger partial charge in [-0.05, 0) is 24.6 Å². The minimum atomic E-state index is -0.216. The van der Waals surface area contributed by atoms with E-state index in [4.69, 9.17) is 28.9 Å². The van der Waals surface area contributed by atoms with Crippen molar-refractivity contribution in [3.63, 3.8) is 0 Å². The van der Waals surface area contributed by atoms with Crippen LogP contribution in [-0.2, 0) is 11.2 Å². The van der Waals surface area contributed by atoms with Crippen molar-refractivity contribution in [3.05, 3.63) is 38.8 Å². The van der Waals surface area contributed by atoms with Gasteiger partial charge in [0.2, 0.25) is 5.91 Å². The highest BCUT2D eigenvalue weighted by Gasteiger charge is 2.10. The second-order valence-corrected chi connectivity index (χ2v) is 5.69. The van der Waals surface area contributed by atoms with Crippen LogP contribution < -0.4 is 11.1 Å². The monoisotopic (exact) mass is 315 g/mol. The molecule has 0 aliphatic rings. The molecule has 0 bridgehead atoms. The second-order valence-electron chi connectivity index (χ2n) is 3.98. The molecule has 2 aromatic rings. The van der Waals surface area contributed by atoms with Crippen LogP contribution in [-0.4, -0.2) is 10.9 Å². The average Bonchev–Trinajstić information content (AvgIpc) is 2.71. The maximum absolute atomic E-state index is 11.9. The number of nitrogens with two attached hydrogens (primary N) is 1. The maximum Gasteiger partial charge on any atom is 0.230 e. The molecule has 2 rings (SSSR count). The molecule has 0 atom stereocenters. The Morgan fingerprint density at radius 3 is 2.79 bits per heavy atom. The van der Waals surface area contributed by atoms with E-state index in [2.05, 4.69) is 10.3 Å². The average molecular weight is 316 g/mol. The summed E-state index contributed by atoms with van der Waals surface area (Å²) in [5.41, 5.74) is 7.49. The molecular weight excluding hydrogens is 305 g/mol. The number of rotatable bonds is 3. The van der Waals surface area contributed by atoms with Crippen LogP contribution in [0.1, 0.15) is 11.3 Å². The Bertz CT molecular complexity index is 627. The third-order valence-corrected chi connectivity index (χ3v) is 3.88. The SMILES string of the molecule is Cc1cc(Cl)c(NC(=O)Cc2csc(N)n2)cc1Cl. The molecule has 4 nitrogen and oxygen atoms in total. The molecule has 100 valence electrons. The third-order valence-electron chi connectivity index (χ3n) is 2.43. The summed E-state index contributed by atoms with van der Waals surface area (Å²) in [5.74, 6) is -0.216. The number of aromatic nitrogens is 1. The molecule has 1 amide bonds. The first-order chi connectivity index (χ1) is 8.95. The van der Waals surface area contributed by atoms with Crippen LogP contribution in [0.4, 0.5) is 10.8 Å². The molecule has 0 radical (unpaired) electrons. The summed E-state index contributed by atoms with van der Waals surface area (Å²) < 4.78 is 0. The highest BCUT2D eigenvalue weighted by Crippen LogP contribution is 2.28. The maximum atomic E-state index is 11.9. The number of amides is 1. The predicted octanol–water partition coefficient (Wildman–Crippen LogP) is 3.52. The molecular formula is C12H11Cl2N3OS.